The molecule has 112 valence electrons. The summed E-state index contributed by atoms with van der Waals surface area (Å²) in [5.41, 5.74) is 0.281. The van der Waals surface area contributed by atoms with E-state index in [1.54, 1.807) is 12.1 Å². The van der Waals surface area contributed by atoms with Gasteiger partial charge in [-0.25, -0.2) is 8.78 Å². The van der Waals surface area contributed by atoms with E-state index >= 15 is 0 Å². The Kier molecular flexibility index (Phi) is 5.19. The minimum Gasteiger partial charge on any atom is -0.495 e. The highest BCUT2D eigenvalue weighted by molar-refractivity contribution is 9.10. The summed E-state index contributed by atoms with van der Waals surface area (Å²) in [6, 6.07) is 7.14. The average molecular weight is 378 g/mol. The van der Waals surface area contributed by atoms with Gasteiger partial charge >= 0.3 is 0 Å². The lowest BCUT2D eigenvalue weighted by atomic mass is 10.0. The largest absolute Gasteiger partial charge is 0.495 e. The first kappa shape index (κ1) is 16.2. The van der Waals surface area contributed by atoms with Crippen LogP contribution in [-0.4, -0.2) is 12.2 Å². The van der Waals surface area contributed by atoms with Crippen LogP contribution in [-0.2, 0) is 6.42 Å². The van der Waals surface area contributed by atoms with Crippen LogP contribution in [0.2, 0.25) is 5.02 Å². The van der Waals surface area contributed by atoms with E-state index in [1.807, 2.05) is 0 Å². The van der Waals surface area contributed by atoms with E-state index < -0.39 is 17.7 Å². The Bertz CT molecular complexity index is 664. The molecule has 0 aliphatic heterocycles. The molecule has 2 nitrogen and oxygen atoms in total. The maximum Gasteiger partial charge on any atom is 0.143 e. The summed E-state index contributed by atoms with van der Waals surface area (Å²) < 4.78 is 32.7. The van der Waals surface area contributed by atoms with Crippen LogP contribution in [0.5, 0.6) is 5.75 Å². The maximum absolute atomic E-state index is 13.9. The molecule has 0 saturated carbocycles. The zero-order valence-electron chi connectivity index (χ0n) is 11.0. The van der Waals surface area contributed by atoms with Gasteiger partial charge in [0, 0.05) is 12.0 Å². The minimum absolute atomic E-state index is 0.152. The molecular formula is C15H12BrClF2O2. The second kappa shape index (κ2) is 6.73. The normalized spacial score (nSPS) is 12.3. The number of methoxy groups -OCH3 is 1. The number of halogens is 4. The van der Waals surface area contributed by atoms with Gasteiger partial charge in [0.25, 0.3) is 0 Å². The molecule has 0 aliphatic carbocycles. The smallest absolute Gasteiger partial charge is 0.143 e. The Morgan fingerprint density at radius 3 is 2.62 bits per heavy atom. The van der Waals surface area contributed by atoms with Gasteiger partial charge in [-0.2, -0.15) is 0 Å². The molecule has 0 aliphatic rings. The first-order valence-electron chi connectivity index (χ1n) is 6.08. The molecule has 0 bridgehead atoms. The van der Waals surface area contributed by atoms with Crippen LogP contribution in [0.25, 0.3) is 0 Å². The van der Waals surface area contributed by atoms with Crippen molar-refractivity contribution in [2.75, 3.05) is 7.11 Å². The highest BCUT2D eigenvalue weighted by Gasteiger charge is 2.18. The maximum atomic E-state index is 13.9. The summed E-state index contributed by atoms with van der Waals surface area (Å²) in [7, 11) is 1.48. The number of ether oxygens (including phenoxy) is 1. The van der Waals surface area contributed by atoms with Gasteiger partial charge in [0.1, 0.15) is 17.4 Å². The van der Waals surface area contributed by atoms with Crippen molar-refractivity contribution in [3.63, 3.8) is 0 Å². The Morgan fingerprint density at radius 2 is 2.00 bits per heavy atom. The Morgan fingerprint density at radius 1 is 1.29 bits per heavy atom. The summed E-state index contributed by atoms with van der Waals surface area (Å²) in [6.45, 7) is 0. The number of aliphatic hydroxyl groups is 1. The first-order valence-corrected chi connectivity index (χ1v) is 7.25. The van der Waals surface area contributed by atoms with Crippen molar-refractivity contribution < 1.29 is 18.6 Å². The van der Waals surface area contributed by atoms with Gasteiger partial charge in [0.05, 0.1) is 22.7 Å². The van der Waals surface area contributed by atoms with E-state index in [1.165, 1.54) is 19.2 Å². The van der Waals surface area contributed by atoms with E-state index in [-0.39, 0.29) is 16.5 Å². The number of rotatable bonds is 4. The molecule has 2 aromatic rings. The van der Waals surface area contributed by atoms with Crippen molar-refractivity contribution >= 4 is 27.5 Å². The molecule has 0 saturated heterocycles. The lowest BCUT2D eigenvalue weighted by Crippen LogP contribution is -2.06. The minimum atomic E-state index is -1.08. The Balaban J connectivity index is 2.28. The van der Waals surface area contributed by atoms with Crippen molar-refractivity contribution in [1.29, 1.82) is 0 Å². The van der Waals surface area contributed by atoms with Gasteiger partial charge in [0.2, 0.25) is 0 Å². The molecule has 1 atom stereocenters. The molecule has 1 unspecified atom stereocenters. The lowest BCUT2D eigenvalue weighted by Gasteiger charge is -2.14. The van der Waals surface area contributed by atoms with Crippen LogP contribution >= 0.6 is 27.5 Å². The predicted molar refractivity (Wildman–Crippen MR) is 80.7 cm³/mol. The van der Waals surface area contributed by atoms with Crippen LogP contribution in [0.3, 0.4) is 0 Å². The number of hydrogen-bond acceptors (Lipinski definition) is 2. The van der Waals surface area contributed by atoms with Crippen molar-refractivity contribution in [1.82, 2.24) is 0 Å². The zero-order valence-corrected chi connectivity index (χ0v) is 13.4. The lowest BCUT2D eigenvalue weighted by molar-refractivity contribution is 0.175. The highest BCUT2D eigenvalue weighted by Crippen LogP contribution is 2.30. The summed E-state index contributed by atoms with van der Waals surface area (Å²) in [5.74, 6) is -0.949. The Hall–Kier alpha value is -1.17. The fraction of sp³-hybridized carbons (Fsp3) is 0.200. The first-order chi connectivity index (χ1) is 9.93. The van der Waals surface area contributed by atoms with Crippen LogP contribution in [0.15, 0.2) is 34.8 Å². The van der Waals surface area contributed by atoms with E-state index in [0.29, 0.717) is 16.3 Å². The van der Waals surface area contributed by atoms with Crippen molar-refractivity contribution in [2.45, 2.75) is 12.5 Å². The number of benzene rings is 2. The van der Waals surface area contributed by atoms with Gasteiger partial charge in [-0.15, -0.1) is 0 Å². The van der Waals surface area contributed by atoms with Crippen LogP contribution < -0.4 is 4.74 Å². The molecule has 0 aromatic heterocycles. The molecule has 2 aromatic carbocycles. The molecular weight excluding hydrogens is 366 g/mol. The molecule has 0 spiro atoms. The van der Waals surface area contributed by atoms with Crippen LogP contribution in [0.1, 0.15) is 17.2 Å². The molecule has 0 fully saturated rings. The third-order valence-corrected chi connectivity index (χ3v) is 4.00. The van der Waals surface area contributed by atoms with Crippen LogP contribution in [0.4, 0.5) is 8.78 Å². The number of aliphatic hydroxyl groups excluding tert-OH is 1. The fourth-order valence-electron chi connectivity index (χ4n) is 1.96. The molecule has 1 N–H and O–H groups in total. The molecule has 0 amide bonds. The third-order valence-electron chi connectivity index (χ3n) is 3.10. The molecule has 0 radical (unpaired) electrons. The molecule has 2 rings (SSSR count). The standard InChI is InChI=1S/C15H12BrClF2O2/c1-21-14-5-2-8(6-11(14)17)13(20)7-9-12(18)4-3-10(16)15(9)19/h2-6,13,20H,7H2,1H3. The van der Waals surface area contributed by atoms with Gasteiger partial charge < -0.3 is 9.84 Å². The fourth-order valence-corrected chi connectivity index (χ4v) is 2.59. The van der Waals surface area contributed by atoms with Crippen molar-refractivity contribution in [3.8, 4) is 5.75 Å². The Labute approximate surface area is 134 Å². The molecule has 6 heteroatoms. The quantitative estimate of drug-likeness (QED) is 0.785. The summed E-state index contributed by atoms with van der Waals surface area (Å²) in [6.07, 6.45) is -1.27. The second-order valence-electron chi connectivity index (χ2n) is 4.44. The summed E-state index contributed by atoms with van der Waals surface area (Å²) >= 11 is 8.97. The molecule has 21 heavy (non-hydrogen) atoms. The highest BCUT2D eigenvalue weighted by atomic mass is 79.9. The second-order valence-corrected chi connectivity index (χ2v) is 5.70. The van der Waals surface area contributed by atoms with Gasteiger partial charge in [0.15, 0.2) is 0 Å². The summed E-state index contributed by atoms with van der Waals surface area (Å²) in [4.78, 5) is 0. The number of hydrogen-bond donors (Lipinski definition) is 1. The van der Waals surface area contributed by atoms with E-state index in [9.17, 15) is 13.9 Å². The molecule has 0 heterocycles. The predicted octanol–water partition coefficient (Wildman–Crippen LogP) is 4.67. The van der Waals surface area contributed by atoms with E-state index in [0.717, 1.165) is 6.07 Å². The van der Waals surface area contributed by atoms with Crippen molar-refractivity contribution in [3.05, 3.63) is 62.6 Å². The monoisotopic (exact) mass is 376 g/mol. The SMILES string of the molecule is COc1ccc(C(O)Cc2c(F)ccc(Br)c2F)cc1Cl. The van der Waals surface area contributed by atoms with Crippen LogP contribution in [0, 0.1) is 11.6 Å². The zero-order chi connectivity index (χ0) is 15.6. The van der Waals surface area contributed by atoms with Gasteiger partial charge in [-0.3, -0.25) is 0 Å². The van der Waals surface area contributed by atoms with E-state index in [4.69, 9.17) is 16.3 Å². The van der Waals surface area contributed by atoms with Gasteiger partial charge in [-0.05, 0) is 45.8 Å². The topological polar surface area (TPSA) is 29.5 Å². The summed E-state index contributed by atoms with van der Waals surface area (Å²) in [5, 5.41) is 10.5. The average Bonchev–Trinajstić information content (AvgIpc) is 2.47. The van der Waals surface area contributed by atoms with Gasteiger partial charge in [-0.1, -0.05) is 17.7 Å². The third kappa shape index (κ3) is 3.54. The van der Waals surface area contributed by atoms with E-state index in [2.05, 4.69) is 15.9 Å². The van der Waals surface area contributed by atoms with Crippen molar-refractivity contribution in [2.24, 2.45) is 0 Å².